The van der Waals surface area contributed by atoms with Gasteiger partial charge in [-0.25, -0.2) is 9.97 Å². The number of alkyl halides is 3. The number of nitrogens with zero attached hydrogens (tertiary/aromatic N) is 5. The molecule has 0 fully saturated rings. The average Bonchev–Trinajstić information content (AvgIpc) is 3.62. The quantitative estimate of drug-likeness (QED) is 0.308. The van der Waals surface area contributed by atoms with Crippen molar-refractivity contribution in [2.45, 2.75) is 33.0 Å². The van der Waals surface area contributed by atoms with Crippen LogP contribution in [0.4, 0.5) is 24.5 Å². The highest BCUT2D eigenvalue weighted by atomic mass is 19.4. The number of amides is 1. The summed E-state index contributed by atoms with van der Waals surface area (Å²) in [5, 5.41) is 10.7. The molecule has 0 bridgehead atoms. The summed E-state index contributed by atoms with van der Waals surface area (Å²) in [6.45, 7) is 5.05. The lowest BCUT2D eigenvalue weighted by molar-refractivity contribution is -0.137. The summed E-state index contributed by atoms with van der Waals surface area (Å²) in [4.78, 5) is 23.9. The van der Waals surface area contributed by atoms with Crippen molar-refractivity contribution in [3.63, 3.8) is 0 Å². The van der Waals surface area contributed by atoms with E-state index >= 15 is 0 Å². The Morgan fingerprint density at radius 3 is 2.72 bits per heavy atom. The number of hydrogen-bond donors (Lipinski definition) is 2. The summed E-state index contributed by atoms with van der Waals surface area (Å²) in [7, 11) is 0. The van der Waals surface area contributed by atoms with Crippen molar-refractivity contribution in [1.82, 2.24) is 24.7 Å². The van der Waals surface area contributed by atoms with E-state index in [-0.39, 0.29) is 11.4 Å². The minimum absolute atomic E-state index is 0.0448. The van der Waals surface area contributed by atoms with Gasteiger partial charge in [-0.15, -0.1) is 0 Å². The molecule has 198 valence electrons. The molecule has 0 saturated heterocycles. The molecule has 3 aromatic heterocycles. The van der Waals surface area contributed by atoms with E-state index in [1.807, 2.05) is 19.2 Å². The van der Waals surface area contributed by atoms with Crippen molar-refractivity contribution in [2.75, 3.05) is 16.8 Å². The fourth-order valence-electron chi connectivity index (χ4n) is 4.89. The number of carbonyl (C=O) groups is 1. The summed E-state index contributed by atoms with van der Waals surface area (Å²) in [6.07, 6.45) is 1.12. The maximum absolute atomic E-state index is 13.6. The Labute approximate surface area is 221 Å². The van der Waals surface area contributed by atoms with E-state index in [0.29, 0.717) is 17.8 Å². The first-order chi connectivity index (χ1) is 18.6. The third kappa shape index (κ3) is 4.83. The number of benzene rings is 2. The Morgan fingerprint density at radius 1 is 1.10 bits per heavy atom. The topological polar surface area (TPSA) is 91.7 Å². The monoisotopic (exact) mass is 531 g/mol. The summed E-state index contributed by atoms with van der Waals surface area (Å²) >= 11 is 0. The molecular formula is C28H24F3N7O. The predicted octanol–water partition coefficient (Wildman–Crippen LogP) is 5.59. The van der Waals surface area contributed by atoms with Crippen molar-refractivity contribution in [2.24, 2.45) is 0 Å². The van der Waals surface area contributed by atoms with E-state index in [1.54, 1.807) is 25.3 Å². The lowest BCUT2D eigenvalue weighted by Crippen LogP contribution is -2.20. The van der Waals surface area contributed by atoms with E-state index in [0.717, 1.165) is 58.6 Å². The molecule has 8 nitrogen and oxygen atoms in total. The maximum atomic E-state index is 13.6. The second-order valence-corrected chi connectivity index (χ2v) is 9.71. The zero-order valence-corrected chi connectivity index (χ0v) is 21.2. The van der Waals surface area contributed by atoms with Crippen LogP contribution in [-0.2, 0) is 19.1 Å². The molecule has 5 aromatic rings. The van der Waals surface area contributed by atoms with Gasteiger partial charge in [0.1, 0.15) is 0 Å². The number of imidazole rings is 1. The van der Waals surface area contributed by atoms with Crippen molar-refractivity contribution in [3.05, 3.63) is 94.8 Å². The minimum Gasteiger partial charge on any atom is -0.367 e. The third-order valence-corrected chi connectivity index (χ3v) is 6.89. The lowest BCUT2D eigenvalue weighted by Gasteiger charge is -2.20. The number of aromatic amines is 1. The zero-order valence-electron chi connectivity index (χ0n) is 21.2. The van der Waals surface area contributed by atoms with Crippen LogP contribution in [0.3, 0.4) is 0 Å². The van der Waals surface area contributed by atoms with Crippen LogP contribution in [0.15, 0.2) is 61.2 Å². The van der Waals surface area contributed by atoms with Gasteiger partial charge in [0.05, 0.1) is 23.3 Å². The van der Waals surface area contributed by atoms with Crippen LogP contribution in [0.25, 0.3) is 16.7 Å². The number of hydrogen-bond acceptors (Lipinski definition) is 5. The van der Waals surface area contributed by atoms with Crippen LogP contribution in [0, 0.1) is 13.8 Å². The molecule has 0 aliphatic carbocycles. The minimum atomic E-state index is -4.58. The number of rotatable bonds is 5. The van der Waals surface area contributed by atoms with Crippen LogP contribution in [-0.4, -0.2) is 37.2 Å². The molecular weight excluding hydrogens is 507 g/mol. The highest BCUT2D eigenvalue weighted by Crippen LogP contribution is 2.34. The number of nitrogens with one attached hydrogen (secondary N) is 2. The van der Waals surface area contributed by atoms with Crippen molar-refractivity contribution >= 4 is 28.3 Å². The molecule has 6 rings (SSSR count). The molecule has 2 aromatic carbocycles. The van der Waals surface area contributed by atoms with Gasteiger partial charge >= 0.3 is 6.18 Å². The first kappa shape index (κ1) is 24.7. The number of pyridine rings is 1. The number of fused-ring (bicyclic) bond motifs is 2. The number of H-pyrrole nitrogens is 1. The van der Waals surface area contributed by atoms with Crippen molar-refractivity contribution in [3.8, 4) is 5.69 Å². The first-order valence-corrected chi connectivity index (χ1v) is 12.4. The SMILES string of the molecule is Cc1cn(-c2cc(NC(=O)c3ccc4c(c3)N(Cc3cnc5[nH]nc(C)c5c3)CC4)cc(C(F)(F)F)c2)cn1. The van der Waals surface area contributed by atoms with E-state index in [2.05, 4.69) is 36.4 Å². The number of aryl methyl sites for hydroxylation is 2. The molecule has 4 heterocycles. The van der Waals surface area contributed by atoms with Gasteiger partial charge in [0.25, 0.3) is 5.91 Å². The Bertz CT molecular complexity index is 1720. The highest BCUT2D eigenvalue weighted by molar-refractivity contribution is 6.05. The van der Waals surface area contributed by atoms with E-state index < -0.39 is 17.6 Å². The fourth-order valence-corrected chi connectivity index (χ4v) is 4.89. The van der Waals surface area contributed by atoms with Crippen LogP contribution in [0.2, 0.25) is 0 Å². The Kier molecular flexibility index (Phi) is 5.86. The third-order valence-electron chi connectivity index (χ3n) is 6.89. The van der Waals surface area contributed by atoms with Crippen LogP contribution in [0.1, 0.15) is 38.4 Å². The standard InChI is InChI=1S/C28H24F3N7O/c1-16-13-38(15-33-16)23-10-21(28(29,30)31)9-22(11-23)34-27(39)20-4-3-19-5-6-37(25(19)8-20)14-18-7-24-17(2)35-36-26(24)32-12-18/h3-4,7-13,15H,5-6,14H2,1-2H3,(H,34,39)(H,32,35,36). The second kappa shape index (κ2) is 9.26. The van der Waals surface area contributed by atoms with Gasteiger partial charge in [0, 0.05) is 53.5 Å². The largest absolute Gasteiger partial charge is 0.416 e. The number of halogens is 3. The summed E-state index contributed by atoms with van der Waals surface area (Å²) in [5.41, 5.74) is 5.11. The van der Waals surface area contributed by atoms with Crippen LogP contribution >= 0.6 is 0 Å². The molecule has 0 radical (unpaired) electrons. The Morgan fingerprint density at radius 2 is 1.95 bits per heavy atom. The zero-order chi connectivity index (χ0) is 27.3. The molecule has 39 heavy (non-hydrogen) atoms. The fraction of sp³-hybridized carbons (Fsp3) is 0.214. The van der Waals surface area contributed by atoms with Gasteiger partial charge in [-0.3, -0.25) is 9.89 Å². The molecule has 0 saturated carbocycles. The smallest absolute Gasteiger partial charge is 0.367 e. The molecule has 1 aliphatic heterocycles. The lowest BCUT2D eigenvalue weighted by atomic mass is 10.1. The van der Waals surface area contributed by atoms with Gasteiger partial charge < -0.3 is 14.8 Å². The Hall–Kier alpha value is -4.67. The molecule has 0 atom stereocenters. The number of carbonyl (C=O) groups excluding carboxylic acids is 1. The van der Waals surface area contributed by atoms with Crippen LogP contribution in [0.5, 0.6) is 0 Å². The number of anilines is 2. The molecule has 1 amide bonds. The maximum Gasteiger partial charge on any atom is 0.416 e. The average molecular weight is 532 g/mol. The number of aromatic nitrogens is 5. The second-order valence-electron chi connectivity index (χ2n) is 9.71. The van der Waals surface area contributed by atoms with Crippen molar-refractivity contribution < 1.29 is 18.0 Å². The van der Waals surface area contributed by atoms with E-state index in [4.69, 9.17) is 0 Å². The first-order valence-electron chi connectivity index (χ1n) is 12.4. The predicted molar refractivity (Wildman–Crippen MR) is 141 cm³/mol. The molecule has 0 unspecified atom stereocenters. The van der Waals surface area contributed by atoms with Crippen molar-refractivity contribution in [1.29, 1.82) is 0 Å². The molecule has 0 spiro atoms. The Balaban J connectivity index is 1.26. The van der Waals surface area contributed by atoms with E-state index in [1.165, 1.54) is 17.0 Å². The van der Waals surface area contributed by atoms with E-state index in [9.17, 15) is 18.0 Å². The normalized spacial score (nSPS) is 13.2. The van der Waals surface area contributed by atoms with Gasteiger partial charge in [-0.05, 0) is 67.8 Å². The van der Waals surface area contributed by atoms with Gasteiger partial charge in [0.2, 0.25) is 0 Å². The summed E-state index contributed by atoms with van der Waals surface area (Å²) in [6, 6.07) is 10.9. The summed E-state index contributed by atoms with van der Waals surface area (Å²) in [5.74, 6) is -0.492. The van der Waals surface area contributed by atoms with Gasteiger partial charge in [-0.1, -0.05) is 6.07 Å². The van der Waals surface area contributed by atoms with Gasteiger partial charge in [0.15, 0.2) is 5.65 Å². The molecule has 11 heteroatoms. The van der Waals surface area contributed by atoms with Crippen LogP contribution < -0.4 is 10.2 Å². The molecule has 2 N–H and O–H groups in total. The van der Waals surface area contributed by atoms with Gasteiger partial charge in [-0.2, -0.15) is 18.3 Å². The summed E-state index contributed by atoms with van der Waals surface area (Å²) < 4.78 is 42.4. The highest BCUT2D eigenvalue weighted by Gasteiger charge is 2.32. The molecule has 1 aliphatic rings.